The Balaban J connectivity index is 2.84. The molecule has 2 N–H and O–H groups in total. The van der Waals surface area contributed by atoms with Crippen LogP contribution < -0.4 is 5.73 Å². The van der Waals surface area contributed by atoms with Crippen LogP contribution in [-0.2, 0) is 5.41 Å². The minimum Gasteiger partial charge on any atom is -0.342 e. The molecule has 3 nitrogen and oxygen atoms in total. The Labute approximate surface area is 129 Å². The van der Waals surface area contributed by atoms with E-state index in [1.165, 1.54) is 0 Å². The first-order valence-electron chi connectivity index (χ1n) is 7.75. The fourth-order valence-electron chi connectivity index (χ4n) is 2.31. The molecule has 0 aliphatic rings. The average Bonchev–Trinajstić information content (AvgIpc) is 2.42. The Bertz CT molecular complexity index is 474. The number of rotatable bonds is 5. The van der Waals surface area contributed by atoms with Gasteiger partial charge in [-0.15, -0.1) is 0 Å². The predicted octanol–water partition coefficient (Wildman–Crippen LogP) is 3.43. The van der Waals surface area contributed by atoms with Crippen LogP contribution in [0, 0.1) is 5.92 Å². The second-order valence-electron chi connectivity index (χ2n) is 7.22. The fraction of sp³-hybridized carbons (Fsp3) is 0.611. The topological polar surface area (TPSA) is 46.3 Å². The molecule has 3 heteroatoms. The van der Waals surface area contributed by atoms with Crippen LogP contribution in [0.15, 0.2) is 24.3 Å². The third kappa shape index (κ3) is 4.85. The van der Waals surface area contributed by atoms with Gasteiger partial charge in [-0.25, -0.2) is 0 Å². The van der Waals surface area contributed by atoms with Crippen LogP contribution in [-0.4, -0.2) is 30.4 Å². The van der Waals surface area contributed by atoms with Gasteiger partial charge in [-0.05, 0) is 29.4 Å². The van der Waals surface area contributed by atoms with Crippen molar-refractivity contribution in [2.45, 2.75) is 52.5 Å². The van der Waals surface area contributed by atoms with Crippen molar-refractivity contribution in [3.8, 4) is 0 Å². The summed E-state index contributed by atoms with van der Waals surface area (Å²) in [6.07, 6.45) is 0.831. The smallest absolute Gasteiger partial charge is 0.253 e. The second kappa shape index (κ2) is 7.08. The van der Waals surface area contributed by atoms with E-state index in [1.807, 2.05) is 31.3 Å². The third-order valence-corrected chi connectivity index (χ3v) is 3.97. The van der Waals surface area contributed by atoms with Crippen molar-refractivity contribution in [1.29, 1.82) is 0 Å². The highest BCUT2D eigenvalue weighted by molar-refractivity contribution is 5.95. The van der Waals surface area contributed by atoms with E-state index in [1.54, 1.807) is 4.90 Å². The Morgan fingerprint density at radius 2 is 1.81 bits per heavy atom. The van der Waals surface area contributed by atoms with Gasteiger partial charge in [0.25, 0.3) is 5.91 Å². The van der Waals surface area contributed by atoms with Gasteiger partial charge in [-0.2, -0.15) is 0 Å². The first kappa shape index (κ1) is 17.7. The fourth-order valence-corrected chi connectivity index (χ4v) is 2.31. The lowest BCUT2D eigenvalue weighted by Gasteiger charge is -2.26. The van der Waals surface area contributed by atoms with Gasteiger partial charge in [-0.3, -0.25) is 4.79 Å². The SMILES string of the molecule is CC(C)C(N)CCN(C)C(=O)c1ccccc1C(C)(C)C. The molecule has 0 bridgehead atoms. The Morgan fingerprint density at radius 1 is 1.24 bits per heavy atom. The summed E-state index contributed by atoms with van der Waals surface area (Å²) in [4.78, 5) is 14.5. The Hall–Kier alpha value is -1.35. The molecule has 1 aromatic rings. The number of nitrogens with zero attached hydrogens (tertiary/aromatic N) is 1. The molecule has 0 radical (unpaired) electrons. The molecule has 0 saturated carbocycles. The van der Waals surface area contributed by atoms with Gasteiger partial charge in [0.05, 0.1) is 0 Å². The van der Waals surface area contributed by atoms with Gasteiger partial charge in [0, 0.05) is 25.2 Å². The van der Waals surface area contributed by atoms with Gasteiger partial charge < -0.3 is 10.6 Å². The molecule has 1 rings (SSSR count). The molecule has 1 amide bonds. The molecule has 1 unspecified atom stereocenters. The van der Waals surface area contributed by atoms with Crippen LogP contribution in [0.2, 0.25) is 0 Å². The first-order chi connectivity index (χ1) is 9.64. The minimum atomic E-state index is -0.0402. The molecule has 0 aromatic heterocycles. The zero-order valence-corrected chi connectivity index (χ0v) is 14.3. The number of carbonyl (C=O) groups excluding carboxylic acids is 1. The molecule has 0 spiro atoms. The van der Waals surface area contributed by atoms with Crippen molar-refractivity contribution >= 4 is 5.91 Å². The van der Waals surface area contributed by atoms with E-state index in [4.69, 9.17) is 5.73 Å². The zero-order chi connectivity index (χ0) is 16.2. The maximum absolute atomic E-state index is 12.7. The monoisotopic (exact) mass is 290 g/mol. The quantitative estimate of drug-likeness (QED) is 0.903. The summed E-state index contributed by atoms with van der Waals surface area (Å²) in [6, 6.07) is 8.02. The highest BCUT2D eigenvalue weighted by Gasteiger charge is 2.23. The van der Waals surface area contributed by atoms with Crippen LogP contribution in [0.3, 0.4) is 0 Å². The van der Waals surface area contributed by atoms with Gasteiger partial charge in [0.2, 0.25) is 0 Å². The zero-order valence-electron chi connectivity index (χ0n) is 14.3. The minimum absolute atomic E-state index is 0.0402. The lowest BCUT2D eigenvalue weighted by molar-refractivity contribution is 0.0786. The molecule has 0 saturated heterocycles. The summed E-state index contributed by atoms with van der Waals surface area (Å²) in [7, 11) is 1.86. The van der Waals surface area contributed by atoms with Crippen molar-refractivity contribution < 1.29 is 4.79 Å². The molecule has 1 atom stereocenters. The van der Waals surface area contributed by atoms with E-state index < -0.39 is 0 Å². The highest BCUT2D eigenvalue weighted by atomic mass is 16.2. The van der Waals surface area contributed by atoms with E-state index in [-0.39, 0.29) is 17.4 Å². The van der Waals surface area contributed by atoms with E-state index >= 15 is 0 Å². The lowest BCUT2D eigenvalue weighted by atomic mass is 9.83. The molecular weight excluding hydrogens is 260 g/mol. The number of benzene rings is 1. The van der Waals surface area contributed by atoms with Gasteiger partial charge in [0.1, 0.15) is 0 Å². The Kier molecular flexibility index (Phi) is 5.97. The summed E-state index contributed by atoms with van der Waals surface area (Å²) in [5.74, 6) is 0.520. The largest absolute Gasteiger partial charge is 0.342 e. The Morgan fingerprint density at radius 3 is 2.33 bits per heavy atom. The standard InChI is InChI=1S/C18H30N2O/c1-13(2)16(19)11-12-20(6)17(21)14-9-7-8-10-15(14)18(3,4)5/h7-10,13,16H,11-12,19H2,1-6H3. The van der Waals surface area contributed by atoms with Crippen molar-refractivity contribution in [1.82, 2.24) is 4.90 Å². The molecule has 0 aliphatic carbocycles. The summed E-state index contributed by atoms with van der Waals surface area (Å²) in [6.45, 7) is 11.3. The second-order valence-corrected chi connectivity index (χ2v) is 7.22. The van der Waals surface area contributed by atoms with Crippen LogP contribution in [0.4, 0.5) is 0 Å². The average molecular weight is 290 g/mol. The molecule has 0 fully saturated rings. The third-order valence-electron chi connectivity index (χ3n) is 3.97. The summed E-state index contributed by atoms with van der Waals surface area (Å²) >= 11 is 0. The van der Waals surface area contributed by atoms with Crippen LogP contribution in [0.1, 0.15) is 57.0 Å². The summed E-state index contributed by atoms with van der Waals surface area (Å²) in [5, 5.41) is 0. The normalized spacial score (nSPS) is 13.3. The van der Waals surface area contributed by atoms with Crippen LogP contribution >= 0.6 is 0 Å². The highest BCUT2D eigenvalue weighted by Crippen LogP contribution is 2.26. The first-order valence-corrected chi connectivity index (χ1v) is 7.75. The molecule has 1 aromatic carbocycles. The van der Waals surface area contributed by atoms with E-state index in [2.05, 4.69) is 34.6 Å². The maximum atomic E-state index is 12.7. The van der Waals surface area contributed by atoms with E-state index in [0.717, 1.165) is 17.5 Å². The number of hydrogen-bond acceptors (Lipinski definition) is 2. The van der Waals surface area contributed by atoms with E-state index in [9.17, 15) is 4.79 Å². The number of nitrogens with two attached hydrogens (primary N) is 1. The maximum Gasteiger partial charge on any atom is 0.253 e. The molecule has 118 valence electrons. The van der Waals surface area contributed by atoms with Gasteiger partial charge in [0.15, 0.2) is 0 Å². The molecule has 0 heterocycles. The number of amides is 1. The number of hydrogen-bond donors (Lipinski definition) is 1. The lowest BCUT2D eigenvalue weighted by Crippen LogP contribution is -2.35. The van der Waals surface area contributed by atoms with Crippen molar-refractivity contribution in [2.24, 2.45) is 11.7 Å². The van der Waals surface area contributed by atoms with Crippen molar-refractivity contribution in [2.75, 3.05) is 13.6 Å². The number of carbonyl (C=O) groups is 1. The van der Waals surface area contributed by atoms with Crippen molar-refractivity contribution in [3.63, 3.8) is 0 Å². The van der Waals surface area contributed by atoms with Crippen LogP contribution in [0.25, 0.3) is 0 Å². The van der Waals surface area contributed by atoms with Gasteiger partial charge in [-0.1, -0.05) is 52.8 Å². The summed E-state index contributed by atoms with van der Waals surface area (Å²) in [5.41, 5.74) is 7.91. The molecular formula is C18H30N2O. The molecule has 21 heavy (non-hydrogen) atoms. The van der Waals surface area contributed by atoms with Crippen molar-refractivity contribution in [3.05, 3.63) is 35.4 Å². The molecule has 0 aliphatic heterocycles. The predicted molar refractivity (Wildman–Crippen MR) is 89.5 cm³/mol. The van der Waals surface area contributed by atoms with Crippen LogP contribution in [0.5, 0.6) is 0 Å². The van der Waals surface area contributed by atoms with E-state index in [0.29, 0.717) is 12.5 Å². The summed E-state index contributed by atoms with van der Waals surface area (Å²) < 4.78 is 0. The van der Waals surface area contributed by atoms with Gasteiger partial charge >= 0.3 is 0 Å².